The van der Waals surface area contributed by atoms with Crippen molar-refractivity contribution < 1.29 is 9.90 Å². The van der Waals surface area contributed by atoms with Crippen LogP contribution in [-0.2, 0) is 6.54 Å². The van der Waals surface area contributed by atoms with Gasteiger partial charge in [0.05, 0.1) is 11.3 Å². The van der Waals surface area contributed by atoms with Gasteiger partial charge in [-0.05, 0) is 30.3 Å². The van der Waals surface area contributed by atoms with E-state index in [-0.39, 0.29) is 0 Å². The highest BCUT2D eigenvalue weighted by Gasteiger charge is 2.07. The Kier molecular flexibility index (Phi) is 4.20. The highest BCUT2D eigenvalue weighted by molar-refractivity contribution is 9.10. The first-order chi connectivity index (χ1) is 9.10. The molecule has 4 nitrogen and oxygen atoms in total. The average molecular weight is 337 g/mol. The van der Waals surface area contributed by atoms with Gasteiger partial charge in [0.25, 0.3) is 0 Å². The summed E-state index contributed by atoms with van der Waals surface area (Å²) in [6.07, 6.45) is 0. The molecule has 0 fully saturated rings. The summed E-state index contributed by atoms with van der Waals surface area (Å²) in [5.41, 5.74) is 1.28. The number of thiophene rings is 1. The van der Waals surface area contributed by atoms with Crippen LogP contribution in [0, 0.1) is 11.3 Å². The van der Waals surface area contributed by atoms with E-state index >= 15 is 0 Å². The topological polar surface area (TPSA) is 73.1 Å². The van der Waals surface area contributed by atoms with Gasteiger partial charge in [-0.25, -0.2) is 4.79 Å². The van der Waals surface area contributed by atoms with Gasteiger partial charge in [-0.15, -0.1) is 11.3 Å². The van der Waals surface area contributed by atoms with Gasteiger partial charge in [-0.1, -0.05) is 15.9 Å². The van der Waals surface area contributed by atoms with Crippen LogP contribution in [0.2, 0.25) is 0 Å². The van der Waals surface area contributed by atoms with E-state index in [1.165, 1.54) is 11.3 Å². The number of carboxylic acids is 1. The van der Waals surface area contributed by atoms with Gasteiger partial charge in [0.15, 0.2) is 0 Å². The molecule has 0 aliphatic heterocycles. The molecule has 2 aromatic rings. The Hall–Kier alpha value is -1.84. The van der Waals surface area contributed by atoms with E-state index in [1.54, 1.807) is 24.3 Å². The Morgan fingerprint density at radius 3 is 2.84 bits per heavy atom. The number of hydrogen-bond acceptors (Lipinski definition) is 4. The molecule has 1 aromatic carbocycles. The Labute approximate surface area is 122 Å². The summed E-state index contributed by atoms with van der Waals surface area (Å²) in [5.74, 6) is -0.920. The van der Waals surface area contributed by atoms with Crippen LogP contribution >= 0.6 is 27.3 Å². The first kappa shape index (κ1) is 13.6. The molecule has 0 saturated heterocycles. The van der Waals surface area contributed by atoms with E-state index < -0.39 is 5.97 Å². The second-order valence-electron chi connectivity index (χ2n) is 3.73. The zero-order chi connectivity index (χ0) is 13.8. The maximum Gasteiger partial charge on any atom is 0.345 e. The number of anilines is 1. The molecule has 0 aliphatic rings. The Morgan fingerprint density at radius 2 is 2.21 bits per heavy atom. The third kappa shape index (κ3) is 3.34. The zero-order valence-corrected chi connectivity index (χ0v) is 12.1. The number of nitriles is 1. The summed E-state index contributed by atoms with van der Waals surface area (Å²) < 4.78 is 0.881. The second kappa shape index (κ2) is 5.87. The number of aromatic carboxylic acids is 1. The van der Waals surface area contributed by atoms with Gasteiger partial charge >= 0.3 is 5.97 Å². The molecule has 0 aliphatic carbocycles. The van der Waals surface area contributed by atoms with Crippen molar-refractivity contribution in [1.82, 2.24) is 0 Å². The molecule has 0 spiro atoms. The summed E-state index contributed by atoms with van der Waals surface area (Å²) in [4.78, 5) is 12.0. The number of carbonyl (C=O) groups is 1. The van der Waals surface area contributed by atoms with Crippen LogP contribution in [0.4, 0.5) is 5.69 Å². The van der Waals surface area contributed by atoms with E-state index in [4.69, 9.17) is 10.4 Å². The molecule has 0 radical (unpaired) electrons. The third-order valence-electron chi connectivity index (χ3n) is 2.43. The van der Waals surface area contributed by atoms with Crippen molar-refractivity contribution in [3.8, 4) is 6.07 Å². The average Bonchev–Trinajstić information content (AvgIpc) is 2.85. The van der Waals surface area contributed by atoms with Gasteiger partial charge in [0.1, 0.15) is 10.9 Å². The molecule has 0 saturated carbocycles. The molecule has 19 heavy (non-hydrogen) atoms. The van der Waals surface area contributed by atoms with Gasteiger partial charge in [0, 0.05) is 15.9 Å². The first-order valence-electron chi connectivity index (χ1n) is 5.35. The molecule has 6 heteroatoms. The Balaban J connectivity index is 2.12. The molecule has 0 atom stereocenters. The predicted molar refractivity (Wildman–Crippen MR) is 77.5 cm³/mol. The fourth-order valence-corrected chi connectivity index (χ4v) is 2.68. The number of nitrogens with zero attached hydrogens (tertiary/aromatic N) is 1. The van der Waals surface area contributed by atoms with Crippen molar-refractivity contribution in [2.45, 2.75) is 6.54 Å². The fourth-order valence-electron chi connectivity index (χ4n) is 1.53. The maximum absolute atomic E-state index is 10.8. The number of carboxylic acid groups (broad SMARTS) is 1. The minimum atomic E-state index is -0.920. The van der Waals surface area contributed by atoms with Crippen molar-refractivity contribution in [2.24, 2.45) is 0 Å². The summed E-state index contributed by atoms with van der Waals surface area (Å²) in [6.45, 7) is 0.489. The van der Waals surface area contributed by atoms with Crippen LogP contribution in [0.25, 0.3) is 0 Å². The fraction of sp³-hybridized carbons (Fsp3) is 0.0769. The van der Waals surface area contributed by atoms with Crippen LogP contribution in [0.5, 0.6) is 0 Å². The number of rotatable bonds is 4. The molecular formula is C13H9BrN2O2S. The molecule has 96 valence electrons. The van der Waals surface area contributed by atoms with Crippen molar-refractivity contribution in [2.75, 3.05) is 5.32 Å². The number of hydrogen-bond donors (Lipinski definition) is 2. The standard InChI is InChI=1S/C13H9BrN2O2S/c14-9-2-1-8(6-15)11(5-9)16-7-10-3-4-12(19-10)13(17)18/h1-5,16H,7H2,(H,17,18). The molecule has 1 heterocycles. The lowest BCUT2D eigenvalue weighted by Crippen LogP contribution is -1.99. The van der Waals surface area contributed by atoms with Crippen LogP contribution in [0.1, 0.15) is 20.1 Å². The van der Waals surface area contributed by atoms with Crippen LogP contribution in [0.3, 0.4) is 0 Å². The molecule has 0 amide bonds. The SMILES string of the molecule is N#Cc1ccc(Br)cc1NCc1ccc(C(=O)O)s1. The lowest BCUT2D eigenvalue weighted by molar-refractivity contribution is 0.0702. The van der Waals surface area contributed by atoms with E-state index in [0.717, 1.165) is 15.0 Å². The molecular weight excluding hydrogens is 328 g/mol. The smallest absolute Gasteiger partial charge is 0.345 e. The second-order valence-corrected chi connectivity index (χ2v) is 5.81. The molecule has 2 rings (SSSR count). The van der Waals surface area contributed by atoms with Crippen molar-refractivity contribution in [3.05, 3.63) is 50.1 Å². The van der Waals surface area contributed by atoms with Crippen LogP contribution in [-0.4, -0.2) is 11.1 Å². The Bertz CT molecular complexity index is 661. The summed E-state index contributed by atoms with van der Waals surface area (Å²) in [6, 6.07) is 10.8. The van der Waals surface area contributed by atoms with E-state index in [1.807, 2.05) is 6.07 Å². The van der Waals surface area contributed by atoms with Crippen LogP contribution in [0.15, 0.2) is 34.8 Å². The predicted octanol–water partition coefficient (Wildman–Crippen LogP) is 3.69. The van der Waals surface area contributed by atoms with Gasteiger partial charge in [-0.3, -0.25) is 0 Å². The van der Waals surface area contributed by atoms with Gasteiger partial charge in [-0.2, -0.15) is 5.26 Å². The van der Waals surface area contributed by atoms with E-state index in [2.05, 4.69) is 27.3 Å². The van der Waals surface area contributed by atoms with E-state index in [9.17, 15) is 4.79 Å². The minimum Gasteiger partial charge on any atom is -0.477 e. The number of benzene rings is 1. The largest absolute Gasteiger partial charge is 0.477 e. The van der Waals surface area contributed by atoms with Crippen molar-refractivity contribution >= 4 is 38.9 Å². The van der Waals surface area contributed by atoms with E-state index in [0.29, 0.717) is 17.0 Å². The monoisotopic (exact) mass is 336 g/mol. The molecule has 2 N–H and O–H groups in total. The van der Waals surface area contributed by atoms with Crippen LogP contribution < -0.4 is 5.32 Å². The quantitative estimate of drug-likeness (QED) is 0.892. The molecule has 1 aromatic heterocycles. The van der Waals surface area contributed by atoms with Gasteiger partial charge in [0.2, 0.25) is 0 Å². The number of nitrogens with one attached hydrogen (secondary N) is 1. The molecule has 0 unspecified atom stereocenters. The third-order valence-corrected chi connectivity index (χ3v) is 3.99. The summed E-state index contributed by atoms with van der Waals surface area (Å²) in [5, 5.41) is 21.0. The first-order valence-corrected chi connectivity index (χ1v) is 6.96. The van der Waals surface area contributed by atoms with Crippen molar-refractivity contribution in [3.63, 3.8) is 0 Å². The maximum atomic E-state index is 10.8. The summed E-state index contributed by atoms with van der Waals surface area (Å²) in [7, 11) is 0. The lowest BCUT2D eigenvalue weighted by Gasteiger charge is -2.07. The highest BCUT2D eigenvalue weighted by Crippen LogP contribution is 2.23. The lowest BCUT2D eigenvalue weighted by atomic mass is 10.2. The highest BCUT2D eigenvalue weighted by atomic mass is 79.9. The minimum absolute atomic E-state index is 0.312. The van der Waals surface area contributed by atoms with Crippen molar-refractivity contribution in [1.29, 1.82) is 5.26 Å². The Morgan fingerprint density at radius 1 is 1.42 bits per heavy atom. The normalized spacial score (nSPS) is 9.89. The van der Waals surface area contributed by atoms with Gasteiger partial charge < -0.3 is 10.4 Å². The zero-order valence-electron chi connectivity index (χ0n) is 9.68. The molecule has 0 bridgehead atoms. The summed E-state index contributed by atoms with van der Waals surface area (Å²) >= 11 is 4.57. The number of halogens is 1.